The Morgan fingerprint density at radius 3 is 2.53 bits per heavy atom. The molecule has 3 heteroatoms. The lowest BCUT2D eigenvalue weighted by molar-refractivity contribution is 0.589. The van der Waals surface area contributed by atoms with Gasteiger partial charge in [-0.05, 0) is 17.5 Å². The van der Waals surface area contributed by atoms with Gasteiger partial charge in [-0.2, -0.15) is 5.10 Å². The van der Waals surface area contributed by atoms with Gasteiger partial charge in [0.25, 0.3) is 0 Å². The third-order valence-electron chi connectivity index (χ3n) is 3.09. The molecule has 0 unspecified atom stereocenters. The molecule has 0 saturated carbocycles. The zero-order chi connectivity index (χ0) is 13.7. The fourth-order valence-corrected chi connectivity index (χ4v) is 2.00. The summed E-state index contributed by atoms with van der Waals surface area (Å²) in [4.78, 5) is 0. The molecule has 0 fully saturated rings. The summed E-state index contributed by atoms with van der Waals surface area (Å²) in [5, 5.41) is 7.79. The van der Waals surface area contributed by atoms with Gasteiger partial charge in [-0.25, -0.2) is 0 Å². The Morgan fingerprint density at radius 1 is 1.16 bits per heavy atom. The molecule has 1 N–H and O–H groups in total. The summed E-state index contributed by atoms with van der Waals surface area (Å²) >= 11 is 0. The van der Waals surface area contributed by atoms with Crippen LogP contribution < -0.4 is 5.32 Å². The quantitative estimate of drug-likeness (QED) is 0.859. The van der Waals surface area contributed by atoms with E-state index in [1.165, 1.54) is 16.7 Å². The highest BCUT2D eigenvalue weighted by Crippen LogP contribution is 2.19. The second kappa shape index (κ2) is 6.53. The van der Waals surface area contributed by atoms with Gasteiger partial charge in [0.1, 0.15) is 0 Å². The van der Waals surface area contributed by atoms with Crippen molar-refractivity contribution in [2.75, 3.05) is 0 Å². The van der Waals surface area contributed by atoms with E-state index < -0.39 is 0 Å². The van der Waals surface area contributed by atoms with Crippen LogP contribution in [0, 0.1) is 0 Å². The number of aromatic nitrogens is 2. The first kappa shape index (κ1) is 13.8. The van der Waals surface area contributed by atoms with Crippen LogP contribution in [-0.2, 0) is 13.1 Å². The van der Waals surface area contributed by atoms with Gasteiger partial charge in [-0.1, -0.05) is 45.0 Å². The van der Waals surface area contributed by atoms with Crippen molar-refractivity contribution >= 4 is 0 Å². The van der Waals surface area contributed by atoms with Crippen molar-refractivity contribution in [1.82, 2.24) is 15.1 Å². The number of benzene rings is 1. The topological polar surface area (TPSA) is 29.9 Å². The predicted octanol–water partition coefficient (Wildman–Crippen LogP) is 3.46. The van der Waals surface area contributed by atoms with Crippen LogP contribution in [0.3, 0.4) is 0 Å². The Kier molecular flexibility index (Phi) is 4.74. The maximum Gasteiger partial charge on any atom is 0.0568 e. The van der Waals surface area contributed by atoms with Crippen LogP contribution in [0.15, 0.2) is 36.7 Å². The van der Waals surface area contributed by atoms with Gasteiger partial charge >= 0.3 is 0 Å². The minimum Gasteiger partial charge on any atom is -0.310 e. The highest BCUT2D eigenvalue weighted by Gasteiger charge is 2.02. The van der Waals surface area contributed by atoms with E-state index in [9.17, 15) is 0 Å². The van der Waals surface area contributed by atoms with E-state index in [0.29, 0.717) is 6.04 Å². The first-order valence-electron chi connectivity index (χ1n) is 7.04. The number of aryl methyl sites for hydroxylation is 1. The molecule has 2 aromatic rings. The lowest BCUT2D eigenvalue weighted by atomic mass is 10.1. The van der Waals surface area contributed by atoms with Crippen LogP contribution in [0.4, 0.5) is 0 Å². The lowest BCUT2D eigenvalue weighted by Gasteiger charge is -2.08. The van der Waals surface area contributed by atoms with E-state index in [1.54, 1.807) is 0 Å². The van der Waals surface area contributed by atoms with Crippen molar-refractivity contribution < 1.29 is 0 Å². The molecule has 0 aliphatic rings. The third kappa shape index (κ3) is 3.93. The molecule has 3 nitrogen and oxygen atoms in total. The summed E-state index contributed by atoms with van der Waals surface area (Å²) in [6, 6.07) is 9.23. The maximum atomic E-state index is 4.37. The molecule has 1 heterocycles. The minimum absolute atomic E-state index is 0.520. The van der Waals surface area contributed by atoms with Crippen molar-refractivity contribution in [3.05, 3.63) is 42.2 Å². The molecule has 1 aromatic heterocycles. The van der Waals surface area contributed by atoms with E-state index in [1.807, 2.05) is 10.9 Å². The van der Waals surface area contributed by atoms with Crippen LogP contribution in [0.5, 0.6) is 0 Å². The molecule has 0 aliphatic carbocycles. The number of rotatable bonds is 6. The van der Waals surface area contributed by atoms with Crippen LogP contribution in [-0.4, -0.2) is 15.8 Å². The number of nitrogens with one attached hydrogen (secondary N) is 1. The monoisotopic (exact) mass is 257 g/mol. The Bertz CT molecular complexity index is 497. The van der Waals surface area contributed by atoms with Gasteiger partial charge < -0.3 is 5.32 Å². The molecule has 0 aliphatic heterocycles. The number of hydrogen-bond acceptors (Lipinski definition) is 2. The van der Waals surface area contributed by atoms with Gasteiger partial charge in [-0.3, -0.25) is 4.68 Å². The fourth-order valence-electron chi connectivity index (χ4n) is 2.00. The minimum atomic E-state index is 0.520. The van der Waals surface area contributed by atoms with Gasteiger partial charge in [0.15, 0.2) is 0 Å². The molecule has 0 radical (unpaired) electrons. The van der Waals surface area contributed by atoms with E-state index >= 15 is 0 Å². The molecule has 0 bridgehead atoms. The van der Waals surface area contributed by atoms with E-state index in [2.05, 4.69) is 61.6 Å². The van der Waals surface area contributed by atoms with Gasteiger partial charge in [0, 0.05) is 30.9 Å². The van der Waals surface area contributed by atoms with Crippen LogP contribution >= 0.6 is 0 Å². The average Bonchev–Trinajstić information content (AvgIpc) is 2.86. The SMILES string of the molecule is CCCn1cc(-c2ccc(CNC(C)C)cc2)cn1. The second-order valence-electron chi connectivity index (χ2n) is 5.22. The lowest BCUT2D eigenvalue weighted by Crippen LogP contribution is -2.21. The van der Waals surface area contributed by atoms with Gasteiger partial charge in [0.05, 0.1) is 6.20 Å². The summed E-state index contributed by atoms with van der Waals surface area (Å²) in [6.07, 6.45) is 5.17. The van der Waals surface area contributed by atoms with Crippen molar-refractivity contribution in [3.8, 4) is 11.1 Å². The van der Waals surface area contributed by atoms with Crippen molar-refractivity contribution in [2.45, 2.75) is 46.3 Å². The highest BCUT2D eigenvalue weighted by atomic mass is 15.3. The summed E-state index contributed by atoms with van der Waals surface area (Å²) in [7, 11) is 0. The molecule has 0 saturated heterocycles. The smallest absolute Gasteiger partial charge is 0.0568 e. The molecule has 2 rings (SSSR count). The van der Waals surface area contributed by atoms with E-state index in [0.717, 1.165) is 19.5 Å². The van der Waals surface area contributed by atoms with E-state index in [4.69, 9.17) is 0 Å². The molecular formula is C16H23N3. The van der Waals surface area contributed by atoms with Crippen LogP contribution in [0.25, 0.3) is 11.1 Å². The Labute approximate surface area is 115 Å². The summed E-state index contributed by atoms with van der Waals surface area (Å²) < 4.78 is 2.00. The maximum absolute atomic E-state index is 4.37. The summed E-state index contributed by atoms with van der Waals surface area (Å²) in [6.45, 7) is 8.40. The Hall–Kier alpha value is -1.61. The van der Waals surface area contributed by atoms with Crippen molar-refractivity contribution in [3.63, 3.8) is 0 Å². The normalized spacial score (nSPS) is 11.2. The first-order valence-corrected chi connectivity index (χ1v) is 7.04. The molecule has 19 heavy (non-hydrogen) atoms. The highest BCUT2D eigenvalue weighted by molar-refractivity contribution is 5.61. The van der Waals surface area contributed by atoms with Crippen LogP contribution in [0.1, 0.15) is 32.8 Å². The number of hydrogen-bond donors (Lipinski definition) is 1. The second-order valence-corrected chi connectivity index (χ2v) is 5.22. The molecule has 0 amide bonds. The molecule has 0 spiro atoms. The number of nitrogens with zero attached hydrogens (tertiary/aromatic N) is 2. The predicted molar refractivity (Wildman–Crippen MR) is 79.9 cm³/mol. The third-order valence-corrected chi connectivity index (χ3v) is 3.09. The standard InChI is InChI=1S/C16H23N3/c1-4-9-19-12-16(11-18-19)15-7-5-14(6-8-15)10-17-13(2)3/h5-8,11-13,17H,4,9-10H2,1-3H3. The largest absolute Gasteiger partial charge is 0.310 e. The Morgan fingerprint density at radius 2 is 1.89 bits per heavy atom. The van der Waals surface area contributed by atoms with Crippen molar-refractivity contribution in [2.24, 2.45) is 0 Å². The van der Waals surface area contributed by atoms with Crippen LogP contribution in [0.2, 0.25) is 0 Å². The summed E-state index contributed by atoms with van der Waals surface area (Å²) in [5.41, 5.74) is 3.74. The zero-order valence-corrected chi connectivity index (χ0v) is 12.1. The molecule has 102 valence electrons. The summed E-state index contributed by atoms with van der Waals surface area (Å²) in [5.74, 6) is 0. The molecule has 1 aromatic carbocycles. The first-order chi connectivity index (χ1) is 9.19. The molecular weight excluding hydrogens is 234 g/mol. The zero-order valence-electron chi connectivity index (χ0n) is 12.1. The van der Waals surface area contributed by atoms with Gasteiger partial charge in [-0.15, -0.1) is 0 Å². The Balaban J connectivity index is 2.04. The van der Waals surface area contributed by atoms with E-state index in [-0.39, 0.29) is 0 Å². The molecule has 0 atom stereocenters. The van der Waals surface area contributed by atoms with Crippen molar-refractivity contribution in [1.29, 1.82) is 0 Å². The fraction of sp³-hybridized carbons (Fsp3) is 0.438. The van der Waals surface area contributed by atoms with Gasteiger partial charge in [0.2, 0.25) is 0 Å². The average molecular weight is 257 g/mol.